The van der Waals surface area contributed by atoms with E-state index in [-0.39, 0.29) is 5.91 Å². The summed E-state index contributed by atoms with van der Waals surface area (Å²) in [6.07, 6.45) is 3.76. The lowest BCUT2D eigenvalue weighted by Crippen LogP contribution is -2.49. The van der Waals surface area contributed by atoms with Crippen molar-refractivity contribution >= 4 is 5.91 Å². The molecule has 1 aromatic carbocycles. The number of nitrogens with one attached hydrogen (secondary N) is 1. The third-order valence-electron chi connectivity index (χ3n) is 3.15. The molecule has 0 bridgehead atoms. The van der Waals surface area contributed by atoms with E-state index < -0.39 is 18.1 Å². The number of hydrogen-bond acceptors (Lipinski definition) is 5. The number of carbonyl (C=O) groups is 1. The molecule has 2 unspecified atom stereocenters. The van der Waals surface area contributed by atoms with E-state index in [1.54, 1.807) is 12.4 Å². The first-order valence-corrected chi connectivity index (χ1v) is 7.53. The van der Waals surface area contributed by atoms with Gasteiger partial charge in [0.2, 0.25) is 12.3 Å². The minimum Gasteiger partial charge on any atom is -0.356 e. The fraction of sp³-hybridized carbons (Fsp3) is 0.412. The standard InChI is InChI=1S/C17H23N3O3/c1-17(2,3)23-16(22)19-14(11-13-7-5-4-6-8-13)15(21)20-10-9-18-12-20/h4-10,12,14,16,19,22H,11H2,1-3H3. The number of aromatic nitrogens is 2. The summed E-state index contributed by atoms with van der Waals surface area (Å²) in [6.45, 7) is 5.51. The number of imidazole rings is 1. The van der Waals surface area contributed by atoms with E-state index in [1.807, 2.05) is 51.1 Å². The maximum absolute atomic E-state index is 12.6. The Balaban J connectivity index is 2.12. The Labute approximate surface area is 136 Å². The van der Waals surface area contributed by atoms with Crippen LogP contribution in [0.25, 0.3) is 0 Å². The van der Waals surface area contributed by atoms with Crippen LogP contribution in [0.2, 0.25) is 0 Å². The molecule has 0 fully saturated rings. The van der Waals surface area contributed by atoms with Gasteiger partial charge in [0.15, 0.2) is 0 Å². The zero-order valence-electron chi connectivity index (χ0n) is 13.6. The normalized spacial score (nSPS) is 14.4. The van der Waals surface area contributed by atoms with E-state index in [9.17, 15) is 9.90 Å². The minimum absolute atomic E-state index is 0.206. The molecule has 2 N–H and O–H groups in total. The molecule has 2 rings (SSSR count). The fourth-order valence-electron chi connectivity index (χ4n) is 2.18. The SMILES string of the molecule is CC(C)(C)OC(O)NC(Cc1ccccc1)C(=O)n1ccnc1. The van der Waals surface area contributed by atoms with Crippen LogP contribution in [0.5, 0.6) is 0 Å². The van der Waals surface area contributed by atoms with Crippen molar-refractivity contribution < 1.29 is 14.6 Å². The summed E-state index contributed by atoms with van der Waals surface area (Å²) in [4.78, 5) is 16.5. The molecule has 0 aliphatic heterocycles. The van der Waals surface area contributed by atoms with Crippen LogP contribution in [0, 0.1) is 0 Å². The molecule has 0 amide bonds. The second-order valence-corrected chi connectivity index (χ2v) is 6.30. The first-order chi connectivity index (χ1) is 10.8. The highest BCUT2D eigenvalue weighted by molar-refractivity contribution is 5.84. The van der Waals surface area contributed by atoms with E-state index in [1.165, 1.54) is 10.9 Å². The Kier molecular flexibility index (Phi) is 5.65. The topological polar surface area (TPSA) is 76.4 Å². The van der Waals surface area contributed by atoms with Gasteiger partial charge in [-0.1, -0.05) is 30.3 Å². The van der Waals surface area contributed by atoms with Gasteiger partial charge in [0.05, 0.1) is 11.6 Å². The van der Waals surface area contributed by atoms with Crippen molar-refractivity contribution in [2.24, 2.45) is 0 Å². The Morgan fingerprint density at radius 2 is 2.04 bits per heavy atom. The van der Waals surface area contributed by atoms with Crippen LogP contribution in [-0.4, -0.2) is 38.6 Å². The van der Waals surface area contributed by atoms with Crippen molar-refractivity contribution in [1.82, 2.24) is 14.9 Å². The van der Waals surface area contributed by atoms with E-state index in [2.05, 4.69) is 10.3 Å². The van der Waals surface area contributed by atoms with Crippen LogP contribution in [0.15, 0.2) is 49.1 Å². The van der Waals surface area contributed by atoms with Gasteiger partial charge in [0.1, 0.15) is 6.33 Å². The number of hydrogen-bond donors (Lipinski definition) is 2. The number of aliphatic hydroxyl groups is 1. The van der Waals surface area contributed by atoms with Gasteiger partial charge in [-0.2, -0.15) is 0 Å². The Morgan fingerprint density at radius 1 is 1.35 bits per heavy atom. The molecule has 6 nitrogen and oxygen atoms in total. The molecule has 0 radical (unpaired) electrons. The summed E-state index contributed by atoms with van der Waals surface area (Å²) >= 11 is 0. The summed E-state index contributed by atoms with van der Waals surface area (Å²) < 4.78 is 6.83. The highest BCUT2D eigenvalue weighted by atomic mass is 16.6. The summed E-state index contributed by atoms with van der Waals surface area (Å²) in [5.41, 5.74) is 0.461. The van der Waals surface area contributed by atoms with Crippen LogP contribution in [0.1, 0.15) is 31.1 Å². The highest BCUT2D eigenvalue weighted by Crippen LogP contribution is 2.11. The van der Waals surface area contributed by atoms with Gasteiger partial charge < -0.3 is 9.84 Å². The van der Waals surface area contributed by atoms with E-state index in [4.69, 9.17) is 4.74 Å². The van der Waals surface area contributed by atoms with Gasteiger partial charge in [-0.15, -0.1) is 0 Å². The van der Waals surface area contributed by atoms with Gasteiger partial charge in [-0.25, -0.2) is 4.98 Å². The van der Waals surface area contributed by atoms with Crippen molar-refractivity contribution in [3.8, 4) is 0 Å². The second kappa shape index (κ2) is 7.50. The minimum atomic E-state index is -1.24. The summed E-state index contributed by atoms with van der Waals surface area (Å²) in [7, 11) is 0. The molecule has 0 saturated carbocycles. The Hall–Kier alpha value is -2.02. The predicted octanol–water partition coefficient (Wildman–Crippen LogP) is 1.82. The van der Waals surface area contributed by atoms with Gasteiger partial charge in [0, 0.05) is 12.4 Å². The molecular weight excluding hydrogens is 294 g/mol. The molecule has 0 aliphatic rings. The molecule has 2 aromatic rings. The molecule has 0 spiro atoms. The average Bonchev–Trinajstić information content (AvgIpc) is 2.99. The Bertz CT molecular complexity index is 606. The number of nitrogens with zero attached hydrogens (tertiary/aromatic N) is 2. The third-order valence-corrected chi connectivity index (χ3v) is 3.15. The van der Waals surface area contributed by atoms with Gasteiger partial charge >= 0.3 is 0 Å². The van der Waals surface area contributed by atoms with Gasteiger partial charge in [-0.05, 0) is 32.8 Å². The average molecular weight is 317 g/mol. The van der Waals surface area contributed by atoms with Crippen LogP contribution < -0.4 is 5.32 Å². The lowest BCUT2D eigenvalue weighted by atomic mass is 10.1. The summed E-state index contributed by atoms with van der Waals surface area (Å²) in [5, 5.41) is 12.9. The quantitative estimate of drug-likeness (QED) is 0.795. The van der Waals surface area contributed by atoms with E-state index in [0.29, 0.717) is 6.42 Å². The smallest absolute Gasteiger partial charge is 0.249 e. The van der Waals surface area contributed by atoms with E-state index in [0.717, 1.165) is 5.56 Å². The number of carbonyl (C=O) groups excluding carboxylic acids is 1. The maximum atomic E-state index is 12.6. The van der Waals surface area contributed by atoms with Crippen LogP contribution in [0.3, 0.4) is 0 Å². The number of ether oxygens (including phenoxy) is 1. The predicted molar refractivity (Wildman–Crippen MR) is 86.8 cm³/mol. The first kappa shape index (κ1) is 17.3. The lowest BCUT2D eigenvalue weighted by Gasteiger charge is -2.27. The van der Waals surface area contributed by atoms with Crippen molar-refractivity contribution in [2.45, 2.75) is 45.2 Å². The number of benzene rings is 1. The molecule has 2 atom stereocenters. The molecule has 23 heavy (non-hydrogen) atoms. The van der Waals surface area contributed by atoms with Crippen molar-refractivity contribution in [3.05, 3.63) is 54.6 Å². The fourth-order valence-corrected chi connectivity index (χ4v) is 2.18. The van der Waals surface area contributed by atoms with Gasteiger partial charge in [-0.3, -0.25) is 14.7 Å². The van der Waals surface area contributed by atoms with Crippen LogP contribution >= 0.6 is 0 Å². The molecule has 0 saturated heterocycles. The lowest BCUT2D eigenvalue weighted by molar-refractivity contribution is -0.184. The van der Waals surface area contributed by atoms with E-state index >= 15 is 0 Å². The zero-order valence-corrected chi connectivity index (χ0v) is 13.6. The zero-order chi connectivity index (χ0) is 16.9. The molecule has 0 aliphatic carbocycles. The molecule has 124 valence electrons. The summed E-state index contributed by atoms with van der Waals surface area (Å²) in [6, 6.07) is 8.98. The van der Waals surface area contributed by atoms with Crippen molar-refractivity contribution in [1.29, 1.82) is 0 Å². The largest absolute Gasteiger partial charge is 0.356 e. The molecule has 6 heteroatoms. The number of rotatable bonds is 6. The summed E-state index contributed by atoms with van der Waals surface area (Å²) in [5.74, 6) is -0.206. The van der Waals surface area contributed by atoms with Crippen molar-refractivity contribution in [2.75, 3.05) is 0 Å². The Morgan fingerprint density at radius 3 is 2.61 bits per heavy atom. The van der Waals surface area contributed by atoms with Crippen LogP contribution in [0.4, 0.5) is 0 Å². The number of aliphatic hydroxyl groups excluding tert-OH is 1. The first-order valence-electron chi connectivity index (χ1n) is 7.53. The van der Waals surface area contributed by atoms with Gasteiger partial charge in [0.25, 0.3) is 0 Å². The van der Waals surface area contributed by atoms with Crippen molar-refractivity contribution in [3.63, 3.8) is 0 Å². The highest BCUT2D eigenvalue weighted by Gasteiger charge is 2.25. The van der Waals surface area contributed by atoms with Crippen LogP contribution in [-0.2, 0) is 11.2 Å². The molecule has 1 heterocycles. The maximum Gasteiger partial charge on any atom is 0.249 e. The molecular formula is C17H23N3O3. The molecule has 1 aromatic heterocycles. The second-order valence-electron chi connectivity index (χ2n) is 6.30. The monoisotopic (exact) mass is 317 g/mol. The third kappa shape index (κ3) is 5.59.